The first-order valence-corrected chi connectivity index (χ1v) is 9.81. The number of aromatic nitrogens is 2. The van der Waals surface area contributed by atoms with E-state index in [1.54, 1.807) is 17.0 Å². The molecule has 27 heavy (non-hydrogen) atoms. The lowest BCUT2D eigenvalue weighted by atomic mass is 10.1. The third-order valence-corrected chi connectivity index (χ3v) is 6.04. The molecular formula is C16H20N4O6S. The van der Waals surface area contributed by atoms with Gasteiger partial charge >= 0.3 is 5.69 Å². The molecule has 2 aromatic heterocycles. The quantitative estimate of drug-likeness (QED) is 0.726. The summed E-state index contributed by atoms with van der Waals surface area (Å²) in [5.41, 5.74) is -1.49. The average molecular weight is 396 g/mol. The first-order valence-electron chi connectivity index (χ1n) is 8.32. The highest BCUT2D eigenvalue weighted by Crippen LogP contribution is 2.16. The molecule has 2 aromatic rings. The molecule has 0 bridgehead atoms. The van der Waals surface area contributed by atoms with Gasteiger partial charge in [0, 0.05) is 39.4 Å². The average Bonchev–Trinajstić information content (AvgIpc) is 3.17. The Balaban J connectivity index is 1.71. The molecule has 1 aliphatic rings. The number of aryl methyl sites for hydroxylation is 1. The number of hydrogen-bond donors (Lipinski definition) is 1. The van der Waals surface area contributed by atoms with Crippen LogP contribution in [0.2, 0.25) is 0 Å². The van der Waals surface area contributed by atoms with E-state index >= 15 is 0 Å². The number of furan rings is 1. The Morgan fingerprint density at radius 1 is 1.22 bits per heavy atom. The molecule has 1 saturated heterocycles. The van der Waals surface area contributed by atoms with Gasteiger partial charge in [0.2, 0.25) is 10.0 Å². The third kappa shape index (κ3) is 3.74. The van der Waals surface area contributed by atoms with E-state index in [4.69, 9.17) is 4.42 Å². The molecule has 3 heterocycles. The minimum absolute atomic E-state index is 0.239. The van der Waals surface area contributed by atoms with Crippen LogP contribution in [0.1, 0.15) is 23.4 Å². The molecule has 11 heteroatoms. The van der Waals surface area contributed by atoms with Gasteiger partial charge in [-0.3, -0.25) is 14.2 Å². The van der Waals surface area contributed by atoms with E-state index in [0.29, 0.717) is 25.9 Å². The molecule has 0 radical (unpaired) electrons. The number of rotatable bonds is 4. The molecule has 1 N–H and O–H groups in total. The summed E-state index contributed by atoms with van der Waals surface area (Å²) in [6.45, 7) is 0.718. The Morgan fingerprint density at radius 3 is 2.48 bits per heavy atom. The van der Waals surface area contributed by atoms with E-state index in [9.17, 15) is 22.8 Å². The van der Waals surface area contributed by atoms with Gasteiger partial charge in [0.15, 0.2) is 10.7 Å². The standard InChI is InChI=1S/C16H20N4O6S/c1-18-10-13(15(22)19(2)16(18)23)27(24,25)17-11-5-7-20(8-6-11)14(21)12-4-3-9-26-12/h3-4,9-11,17H,5-8H2,1-2H3. The smallest absolute Gasteiger partial charge is 0.330 e. The number of nitrogens with zero attached hydrogens (tertiary/aromatic N) is 3. The van der Waals surface area contributed by atoms with Crippen LogP contribution in [0.5, 0.6) is 0 Å². The van der Waals surface area contributed by atoms with Crippen LogP contribution in [0.3, 0.4) is 0 Å². The highest BCUT2D eigenvalue weighted by molar-refractivity contribution is 7.89. The maximum atomic E-state index is 12.6. The van der Waals surface area contributed by atoms with Gasteiger partial charge in [-0.15, -0.1) is 0 Å². The SMILES string of the molecule is Cn1cc(S(=O)(=O)NC2CCN(C(=O)c3ccco3)CC2)c(=O)n(C)c1=O. The van der Waals surface area contributed by atoms with Gasteiger partial charge in [-0.2, -0.15) is 0 Å². The molecule has 1 amide bonds. The summed E-state index contributed by atoms with van der Waals surface area (Å²) in [6.07, 6.45) is 3.24. The Kier molecular flexibility index (Phi) is 5.07. The van der Waals surface area contributed by atoms with Crippen molar-refractivity contribution in [1.82, 2.24) is 18.8 Å². The molecule has 0 aliphatic carbocycles. The number of hydrogen-bond acceptors (Lipinski definition) is 6. The van der Waals surface area contributed by atoms with E-state index in [1.165, 1.54) is 20.4 Å². The van der Waals surface area contributed by atoms with Crippen molar-refractivity contribution in [1.29, 1.82) is 0 Å². The summed E-state index contributed by atoms with van der Waals surface area (Å²) >= 11 is 0. The minimum Gasteiger partial charge on any atom is -0.459 e. The predicted molar refractivity (Wildman–Crippen MR) is 94.9 cm³/mol. The monoisotopic (exact) mass is 396 g/mol. The fourth-order valence-corrected chi connectivity index (χ4v) is 4.46. The van der Waals surface area contributed by atoms with E-state index in [2.05, 4.69) is 4.72 Å². The Labute approximate surface area is 155 Å². The maximum Gasteiger partial charge on any atom is 0.330 e. The maximum absolute atomic E-state index is 12.6. The lowest BCUT2D eigenvalue weighted by Gasteiger charge is -2.31. The molecule has 1 aliphatic heterocycles. The second kappa shape index (κ2) is 7.16. The van der Waals surface area contributed by atoms with Crippen LogP contribution < -0.4 is 16.0 Å². The van der Waals surface area contributed by atoms with E-state index in [0.717, 1.165) is 15.3 Å². The molecule has 0 spiro atoms. The van der Waals surface area contributed by atoms with Crippen LogP contribution in [0.15, 0.2) is 43.5 Å². The van der Waals surface area contributed by atoms with Crippen LogP contribution in [-0.2, 0) is 24.1 Å². The predicted octanol–water partition coefficient (Wildman–Crippen LogP) is -0.740. The topological polar surface area (TPSA) is 124 Å². The second-order valence-corrected chi connectivity index (χ2v) is 8.10. The van der Waals surface area contributed by atoms with Crippen molar-refractivity contribution in [2.45, 2.75) is 23.8 Å². The van der Waals surface area contributed by atoms with Crippen molar-refractivity contribution in [2.24, 2.45) is 14.1 Å². The summed E-state index contributed by atoms with van der Waals surface area (Å²) in [7, 11) is -1.50. The number of likely N-dealkylation sites (tertiary alicyclic amines) is 1. The third-order valence-electron chi connectivity index (χ3n) is 4.54. The van der Waals surface area contributed by atoms with Gasteiger partial charge in [-0.1, -0.05) is 0 Å². The van der Waals surface area contributed by atoms with Crippen molar-refractivity contribution in [2.75, 3.05) is 13.1 Å². The summed E-state index contributed by atoms with van der Waals surface area (Å²) in [5.74, 6) is -0.00374. The lowest BCUT2D eigenvalue weighted by Crippen LogP contribution is -2.48. The number of nitrogens with one attached hydrogen (secondary N) is 1. The van der Waals surface area contributed by atoms with Crippen molar-refractivity contribution >= 4 is 15.9 Å². The number of sulfonamides is 1. The fourth-order valence-electron chi connectivity index (χ4n) is 3.00. The number of piperidine rings is 1. The Hall–Kier alpha value is -2.66. The Bertz CT molecular complexity index is 1060. The van der Waals surface area contributed by atoms with Gasteiger partial charge in [0.25, 0.3) is 11.5 Å². The first-order chi connectivity index (χ1) is 12.7. The van der Waals surface area contributed by atoms with Crippen molar-refractivity contribution in [3.05, 3.63) is 51.2 Å². The summed E-state index contributed by atoms with van der Waals surface area (Å²) < 4.78 is 34.6. The first kappa shape index (κ1) is 19.1. The van der Waals surface area contributed by atoms with Gasteiger partial charge in [0.1, 0.15) is 0 Å². The zero-order chi connectivity index (χ0) is 19.8. The van der Waals surface area contributed by atoms with Gasteiger partial charge < -0.3 is 13.9 Å². The number of carbonyl (C=O) groups excluding carboxylic acids is 1. The molecular weight excluding hydrogens is 376 g/mol. The Morgan fingerprint density at radius 2 is 1.89 bits per heavy atom. The number of carbonyl (C=O) groups is 1. The van der Waals surface area contributed by atoms with Crippen LogP contribution in [0.4, 0.5) is 0 Å². The van der Waals surface area contributed by atoms with Gasteiger partial charge in [-0.25, -0.2) is 17.9 Å². The normalized spacial score (nSPS) is 15.9. The van der Waals surface area contributed by atoms with E-state index < -0.39 is 32.2 Å². The van der Waals surface area contributed by atoms with E-state index in [-0.39, 0.29) is 11.7 Å². The molecule has 0 aromatic carbocycles. The van der Waals surface area contributed by atoms with E-state index in [1.807, 2.05) is 0 Å². The molecule has 10 nitrogen and oxygen atoms in total. The number of amides is 1. The molecule has 1 fully saturated rings. The lowest BCUT2D eigenvalue weighted by molar-refractivity contribution is 0.0679. The fraction of sp³-hybridized carbons (Fsp3) is 0.438. The van der Waals surface area contributed by atoms with Crippen LogP contribution in [0, 0.1) is 0 Å². The molecule has 0 atom stereocenters. The van der Waals surface area contributed by atoms with Crippen molar-refractivity contribution in [3.8, 4) is 0 Å². The molecule has 3 rings (SSSR count). The van der Waals surface area contributed by atoms with Gasteiger partial charge in [-0.05, 0) is 25.0 Å². The van der Waals surface area contributed by atoms with Gasteiger partial charge in [0.05, 0.1) is 6.26 Å². The zero-order valence-electron chi connectivity index (χ0n) is 14.9. The molecule has 146 valence electrons. The highest BCUT2D eigenvalue weighted by Gasteiger charge is 2.29. The minimum atomic E-state index is -4.10. The molecule has 0 saturated carbocycles. The van der Waals surface area contributed by atoms with Crippen molar-refractivity contribution < 1.29 is 17.6 Å². The highest BCUT2D eigenvalue weighted by atomic mass is 32.2. The van der Waals surface area contributed by atoms with Crippen LogP contribution in [0.25, 0.3) is 0 Å². The largest absolute Gasteiger partial charge is 0.459 e. The molecule has 0 unspecified atom stereocenters. The van der Waals surface area contributed by atoms with Crippen molar-refractivity contribution in [3.63, 3.8) is 0 Å². The second-order valence-electron chi connectivity index (χ2n) is 6.42. The van der Waals surface area contributed by atoms with Crippen LogP contribution in [-0.4, -0.2) is 47.5 Å². The summed E-state index contributed by atoms with van der Waals surface area (Å²) in [6, 6.07) is 2.78. The summed E-state index contributed by atoms with van der Waals surface area (Å²) in [5, 5.41) is 0. The van der Waals surface area contributed by atoms with Crippen LogP contribution >= 0.6 is 0 Å². The summed E-state index contributed by atoms with van der Waals surface area (Å²) in [4.78, 5) is 37.2. The zero-order valence-corrected chi connectivity index (χ0v) is 15.7.